The molecule has 1 aliphatic carbocycles. The van der Waals surface area contributed by atoms with Gasteiger partial charge in [0, 0.05) is 50.0 Å². The monoisotopic (exact) mass is 424 g/mol. The fourth-order valence-corrected chi connectivity index (χ4v) is 4.96. The summed E-state index contributed by atoms with van der Waals surface area (Å²) < 4.78 is 40.3. The van der Waals surface area contributed by atoms with Crippen LogP contribution in [0.2, 0.25) is 0 Å². The Morgan fingerprint density at radius 3 is 2.03 bits per heavy atom. The highest BCUT2D eigenvalue weighted by atomic mass is 16.5. The number of hydrogen-bond donors (Lipinski definition) is 0. The number of hydrogen-bond acceptors (Lipinski definition) is 3. The first-order valence-corrected chi connectivity index (χ1v) is 12.1. The van der Waals surface area contributed by atoms with Crippen LogP contribution in [0.5, 0.6) is 0 Å². The summed E-state index contributed by atoms with van der Waals surface area (Å²) in [6.45, 7) is 5.91. The molecular formula is C25H44N2O3. The van der Waals surface area contributed by atoms with Crippen molar-refractivity contribution >= 4 is 11.8 Å². The Morgan fingerprint density at radius 1 is 0.900 bits per heavy atom. The number of nitrogens with zero attached hydrogens (tertiary/aromatic N) is 2. The van der Waals surface area contributed by atoms with E-state index in [9.17, 15) is 9.59 Å². The van der Waals surface area contributed by atoms with E-state index in [2.05, 4.69) is 13.8 Å². The number of carbonyl (C=O) groups excluding carboxylic acids is 2. The standard InChI is InChI=1S/C25H44N2O3/c1-18(2)21-5-7-22(8-6-21)25(29)27-15-11-23(12-16-27)30-17-20-9-13-26(14-10-20)24(28)19(3)4/h18-23H,5-17H2,1-4H3/i15D2,16D2. The first kappa shape index (κ1) is 18.5. The van der Waals surface area contributed by atoms with Crippen molar-refractivity contribution < 1.29 is 19.8 Å². The molecule has 2 aliphatic heterocycles. The smallest absolute Gasteiger partial charge is 0.225 e. The highest BCUT2D eigenvalue weighted by Gasteiger charge is 2.32. The van der Waals surface area contributed by atoms with Crippen molar-refractivity contribution in [3.63, 3.8) is 0 Å². The van der Waals surface area contributed by atoms with Gasteiger partial charge in [-0.15, -0.1) is 0 Å². The van der Waals surface area contributed by atoms with E-state index in [0.717, 1.165) is 30.6 Å². The minimum absolute atomic E-state index is 0.00426. The molecule has 0 N–H and O–H groups in total. The Hall–Kier alpha value is -1.10. The van der Waals surface area contributed by atoms with Crippen molar-refractivity contribution in [2.75, 3.05) is 32.7 Å². The quantitative estimate of drug-likeness (QED) is 0.637. The third-order valence-electron chi connectivity index (χ3n) is 7.23. The van der Waals surface area contributed by atoms with Gasteiger partial charge in [0.05, 0.1) is 6.10 Å². The van der Waals surface area contributed by atoms with Gasteiger partial charge in [0.25, 0.3) is 0 Å². The van der Waals surface area contributed by atoms with Gasteiger partial charge >= 0.3 is 0 Å². The van der Waals surface area contributed by atoms with Crippen LogP contribution in [0.4, 0.5) is 0 Å². The summed E-state index contributed by atoms with van der Waals surface area (Å²) in [5.41, 5.74) is 0. The third-order valence-corrected chi connectivity index (χ3v) is 7.23. The van der Waals surface area contributed by atoms with Gasteiger partial charge in [-0.1, -0.05) is 27.7 Å². The molecule has 0 radical (unpaired) electrons. The summed E-state index contributed by atoms with van der Waals surface area (Å²) in [6, 6.07) is 0. The van der Waals surface area contributed by atoms with E-state index in [4.69, 9.17) is 10.2 Å². The zero-order valence-corrected chi connectivity index (χ0v) is 19.4. The fourth-order valence-electron chi connectivity index (χ4n) is 4.96. The van der Waals surface area contributed by atoms with Crippen LogP contribution in [0.1, 0.15) is 84.5 Å². The summed E-state index contributed by atoms with van der Waals surface area (Å²) in [7, 11) is 0. The number of ether oxygens (including phenoxy) is 1. The minimum atomic E-state index is -2.08. The van der Waals surface area contributed by atoms with Crippen molar-refractivity contribution in [1.29, 1.82) is 0 Å². The minimum Gasteiger partial charge on any atom is -0.378 e. The number of likely N-dealkylation sites (tertiary alicyclic amines) is 2. The molecule has 30 heavy (non-hydrogen) atoms. The van der Waals surface area contributed by atoms with E-state index in [1.807, 2.05) is 18.7 Å². The largest absolute Gasteiger partial charge is 0.378 e. The number of amides is 2. The molecule has 0 aromatic carbocycles. The number of carbonyl (C=O) groups is 2. The van der Waals surface area contributed by atoms with Crippen LogP contribution in [-0.4, -0.2) is 60.4 Å². The molecule has 0 atom stereocenters. The normalized spacial score (nSPS) is 32.5. The van der Waals surface area contributed by atoms with Crippen LogP contribution in [-0.2, 0) is 14.3 Å². The van der Waals surface area contributed by atoms with Crippen LogP contribution in [0, 0.1) is 29.6 Å². The van der Waals surface area contributed by atoms with Crippen molar-refractivity contribution in [2.45, 2.75) is 85.2 Å². The van der Waals surface area contributed by atoms with E-state index in [1.54, 1.807) is 0 Å². The molecule has 2 saturated heterocycles. The lowest BCUT2D eigenvalue weighted by Gasteiger charge is -2.38. The maximum absolute atomic E-state index is 13.3. The van der Waals surface area contributed by atoms with E-state index in [-0.39, 0.29) is 42.4 Å². The lowest BCUT2D eigenvalue weighted by atomic mass is 9.76. The summed E-state index contributed by atoms with van der Waals surface area (Å²) in [5.74, 6) is 0.945. The lowest BCUT2D eigenvalue weighted by Crippen LogP contribution is -2.45. The molecule has 0 aromatic rings. The van der Waals surface area contributed by atoms with Gasteiger partial charge in [0.1, 0.15) is 0 Å². The van der Waals surface area contributed by atoms with Crippen molar-refractivity contribution in [3.8, 4) is 0 Å². The molecule has 172 valence electrons. The van der Waals surface area contributed by atoms with Crippen LogP contribution < -0.4 is 0 Å². The molecule has 0 aromatic heterocycles. The van der Waals surface area contributed by atoms with Gasteiger partial charge in [0.15, 0.2) is 0 Å². The molecule has 2 heterocycles. The average molecular weight is 425 g/mol. The van der Waals surface area contributed by atoms with E-state index in [0.29, 0.717) is 44.4 Å². The Bertz CT molecular complexity index is 697. The SMILES string of the molecule is [2H]C1([2H])CC(OCC2CCN(C(=O)C(C)C)CC2)CC([2H])([2H])N1C(=O)C1CCC(C(C)C)CC1. The predicted octanol–water partition coefficient (Wildman–Crippen LogP) is 4.35. The van der Waals surface area contributed by atoms with Gasteiger partial charge in [-0.25, -0.2) is 0 Å². The Balaban J connectivity index is 1.53. The Labute approximate surface area is 189 Å². The summed E-state index contributed by atoms with van der Waals surface area (Å²) in [6.07, 6.45) is 4.41. The molecule has 2 amide bonds. The molecule has 1 saturated carbocycles. The summed E-state index contributed by atoms with van der Waals surface area (Å²) in [5, 5.41) is 0. The Morgan fingerprint density at radius 2 is 1.50 bits per heavy atom. The molecule has 3 rings (SSSR count). The molecule has 3 aliphatic rings. The lowest BCUT2D eigenvalue weighted by molar-refractivity contribution is -0.140. The van der Waals surface area contributed by atoms with Gasteiger partial charge < -0.3 is 14.5 Å². The van der Waals surface area contributed by atoms with Crippen LogP contribution in [0.3, 0.4) is 0 Å². The fraction of sp³-hybridized carbons (Fsp3) is 0.920. The van der Waals surface area contributed by atoms with Crippen molar-refractivity contribution in [2.24, 2.45) is 29.6 Å². The second kappa shape index (κ2) is 11.0. The van der Waals surface area contributed by atoms with E-state index in [1.165, 1.54) is 0 Å². The van der Waals surface area contributed by atoms with Gasteiger partial charge in [-0.3, -0.25) is 9.59 Å². The molecule has 0 unspecified atom stereocenters. The molecular weight excluding hydrogens is 376 g/mol. The average Bonchev–Trinajstić information content (AvgIpc) is 2.75. The van der Waals surface area contributed by atoms with Gasteiger partial charge in [-0.05, 0) is 69.1 Å². The molecule has 0 bridgehead atoms. The van der Waals surface area contributed by atoms with Crippen molar-refractivity contribution in [1.82, 2.24) is 9.80 Å². The Kier molecular flexibility index (Phi) is 6.75. The second-order valence-electron chi connectivity index (χ2n) is 10.1. The maximum atomic E-state index is 13.3. The molecule has 5 nitrogen and oxygen atoms in total. The van der Waals surface area contributed by atoms with Crippen LogP contribution >= 0.6 is 0 Å². The van der Waals surface area contributed by atoms with Crippen LogP contribution in [0.15, 0.2) is 0 Å². The number of piperidine rings is 2. The third kappa shape index (κ3) is 6.21. The molecule has 5 heteroatoms. The predicted molar refractivity (Wildman–Crippen MR) is 120 cm³/mol. The molecule has 3 fully saturated rings. The first-order chi connectivity index (χ1) is 15.8. The topological polar surface area (TPSA) is 49.9 Å². The first-order valence-electron chi connectivity index (χ1n) is 14.1. The van der Waals surface area contributed by atoms with E-state index < -0.39 is 19.1 Å². The van der Waals surface area contributed by atoms with Crippen molar-refractivity contribution in [3.05, 3.63) is 0 Å². The summed E-state index contributed by atoms with van der Waals surface area (Å²) >= 11 is 0. The summed E-state index contributed by atoms with van der Waals surface area (Å²) in [4.78, 5) is 28.3. The maximum Gasteiger partial charge on any atom is 0.225 e. The highest BCUT2D eigenvalue weighted by Crippen LogP contribution is 2.34. The van der Waals surface area contributed by atoms with Crippen LogP contribution in [0.25, 0.3) is 0 Å². The van der Waals surface area contributed by atoms with Gasteiger partial charge in [0.2, 0.25) is 11.8 Å². The van der Waals surface area contributed by atoms with E-state index >= 15 is 0 Å². The highest BCUT2D eigenvalue weighted by molar-refractivity contribution is 5.79. The number of rotatable bonds is 6. The van der Waals surface area contributed by atoms with Gasteiger partial charge in [-0.2, -0.15) is 0 Å². The zero-order chi connectivity index (χ0) is 25.3. The molecule has 0 spiro atoms. The zero-order valence-electron chi connectivity index (χ0n) is 23.4. The second-order valence-corrected chi connectivity index (χ2v) is 10.1.